The first-order chi connectivity index (χ1) is 8.06. The Labute approximate surface area is 126 Å². The van der Waals surface area contributed by atoms with Crippen molar-refractivity contribution in [3.8, 4) is 0 Å². The van der Waals surface area contributed by atoms with E-state index in [9.17, 15) is 8.42 Å². The number of hydrogen-bond donors (Lipinski definition) is 2. The summed E-state index contributed by atoms with van der Waals surface area (Å²) in [6, 6.07) is 0. The predicted octanol–water partition coefficient (Wildman–Crippen LogP) is 0.416. The van der Waals surface area contributed by atoms with Gasteiger partial charge >= 0.3 is 29.2 Å². The molecular weight excluding hydrogens is 245 g/mol. The number of nitrogens with one attached hydrogen (secondary N) is 1. The van der Waals surface area contributed by atoms with Gasteiger partial charge in [-0.3, -0.25) is 4.55 Å². The summed E-state index contributed by atoms with van der Waals surface area (Å²) in [5.41, 5.74) is 0. The van der Waals surface area contributed by atoms with Gasteiger partial charge in [0.1, 0.15) is 0 Å². The first kappa shape index (κ1) is 20.8. The fourth-order valence-electron chi connectivity index (χ4n) is 1.81. The molecule has 0 aromatic rings. The van der Waals surface area contributed by atoms with Crippen molar-refractivity contribution in [2.45, 2.75) is 71.1 Å². The van der Waals surface area contributed by atoms with Crippen LogP contribution in [0.3, 0.4) is 0 Å². The molecule has 0 amide bonds. The van der Waals surface area contributed by atoms with Gasteiger partial charge in [0.25, 0.3) is 0 Å². The number of rotatable bonds is 12. The minimum absolute atomic E-state index is 0. The van der Waals surface area contributed by atoms with Crippen LogP contribution in [0.4, 0.5) is 0 Å². The second-order valence-corrected chi connectivity index (χ2v) is 5.79. The van der Waals surface area contributed by atoms with Crippen molar-refractivity contribution in [1.82, 2.24) is 4.72 Å². The average Bonchev–Trinajstić information content (AvgIpc) is 2.24. The molecular formula is C12H28LiNO3S. The number of hydrogen-bond acceptors (Lipinski definition) is 2. The van der Waals surface area contributed by atoms with E-state index in [1.165, 1.54) is 44.9 Å². The van der Waals surface area contributed by atoms with Crippen LogP contribution in [0.2, 0.25) is 0 Å². The first-order valence-corrected chi connectivity index (χ1v) is 8.22. The third kappa shape index (κ3) is 18.8. The Morgan fingerprint density at radius 3 is 1.67 bits per heavy atom. The Hall–Kier alpha value is 0.467. The van der Waals surface area contributed by atoms with Gasteiger partial charge in [-0.1, -0.05) is 64.7 Å². The molecule has 0 aromatic heterocycles. The summed E-state index contributed by atoms with van der Waals surface area (Å²) in [6.45, 7) is 2.57. The Balaban J connectivity index is -0.00000128. The zero-order valence-electron chi connectivity index (χ0n) is 13.0. The molecule has 0 atom stereocenters. The van der Waals surface area contributed by atoms with E-state index >= 15 is 0 Å². The second-order valence-electron chi connectivity index (χ2n) is 4.55. The van der Waals surface area contributed by atoms with Crippen molar-refractivity contribution >= 4 is 10.3 Å². The standard InChI is InChI=1S/C12H27NO3S.Li.H/c1-2-3-4-5-6-7-8-9-10-11-12-13-17(14,15)16;;/h13H,2-12H2,1H3,(H,14,15,16);;/q;+1;-1. The summed E-state index contributed by atoms with van der Waals surface area (Å²) < 4.78 is 31.2. The van der Waals surface area contributed by atoms with E-state index < -0.39 is 10.3 Å². The molecule has 0 fully saturated rings. The molecule has 0 bridgehead atoms. The van der Waals surface area contributed by atoms with Crippen LogP contribution in [-0.2, 0) is 10.3 Å². The van der Waals surface area contributed by atoms with E-state index in [0.29, 0.717) is 6.54 Å². The van der Waals surface area contributed by atoms with Crippen LogP contribution < -0.4 is 23.6 Å². The third-order valence-corrected chi connectivity index (χ3v) is 3.38. The van der Waals surface area contributed by atoms with Crippen molar-refractivity contribution in [2.24, 2.45) is 0 Å². The zero-order valence-corrected chi connectivity index (χ0v) is 12.8. The molecule has 0 rings (SSSR count). The Morgan fingerprint density at radius 2 is 1.28 bits per heavy atom. The maximum Gasteiger partial charge on any atom is 1.00 e. The monoisotopic (exact) mass is 273 g/mol. The molecule has 0 spiro atoms. The van der Waals surface area contributed by atoms with Crippen LogP contribution in [-0.4, -0.2) is 19.5 Å². The predicted molar refractivity (Wildman–Crippen MR) is 72.5 cm³/mol. The SMILES string of the molecule is CCCCCCCCCCCCNS(=O)(=O)O.[H-].[Li+]. The summed E-state index contributed by atoms with van der Waals surface area (Å²) in [6.07, 6.45) is 12.2. The number of unbranched alkanes of at least 4 members (excludes halogenated alkanes) is 9. The van der Waals surface area contributed by atoms with Gasteiger partial charge in [-0.25, -0.2) is 0 Å². The van der Waals surface area contributed by atoms with Crippen LogP contribution in [0.1, 0.15) is 72.6 Å². The summed E-state index contributed by atoms with van der Waals surface area (Å²) in [5.74, 6) is 0. The molecule has 0 aliphatic rings. The fraction of sp³-hybridized carbons (Fsp3) is 1.00. The van der Waals surface area contributed by atoms with Gasteiger partial charge in [-0.15, -0.1) is 0 Å². The Bertz CT molecular complexity index is 264. The van der Waals surface area contributed by atoms with Crippen LogP contribution in [0, 0.1) is 0 Å². The van der Waals surface area contributed by atoms with Crippen molar-refractivity contribution < 1.29 is 33.3 Å². The minimum atomic E-state index is -3.98. The van der Waals surface area contributed by atoms with Gasteiger partial charge in [0.15, 0.2) is 0 Å². The van der Waals surface area contributed by atoms with Crippen LogP contribution in [0.25, 0.3) is 0 Å². The molecule has 0 aliphatic heterocycles. The molecule has 106 valence electrons. The molecule has 0 saturated heterocycles. The van der Waals surface area contributed by atoms with E-state index in [2.05, 4.69) is 11.6 Å². The van der Waals surface area contributed by atoms with Gasteiger partial charge in [0.05, 0.1) is 0 Å². The van der Waals surface area contributed by atoms with Gasteiger partial charge in [0.2, 0.25) is 0 Å². The zero-order chi connectivity index (χ0) is 13.0. The fourth-order valence-corrected chi connectivity index (χ4v) is 2.22. The first-order valence-electron chi connectivity index (χ1n) is 6.78. The molecule has 0 saturated carbocycles. The smallest absolute Gasteiger partial charge is 1.00 e. The molecule has 0 aliphatic carbocycles. The third-order valence-electron chi connectivity index (χ3n) is 2.81. The molecule has 18 heavy (non-hydrogen) atoms. The summed E-state index contributed by atoms with van der Waals surface area (Å²) in [4.78, 5) is 0. The quantitative estimate of drug-likeness (QED) is 0.308. The van der Waals surface area contributed by atoms with E-state index in [0.717, 1.165) is 19.3 Å². The molecule has 6 heteroatoms. The normalized spacial score (nSPS) is 11.2. The Morgan fingerprint density at radius 1 is 0.889 bits per heavy atom. The summed E-state index contributed by atoms with van der Waals surface area (Å²) >= 11 is 0. The molecule has 0 aromatic carbocycles. The van der Waals surface area contributed by atoms with Gasteiger partial charge in [-0.05, 0) is 6.42 Å². The molecule has 0 unspecified atom stereocenters. The van der Waals surface area contributed by atoms with E-state index in [-0.39, 0.29) is 20.3 Å². The topological polar surface area (TPSA) is 66.4 Å². The van der Waals surface area contributed by atoms with E-state index in [1.807, 2.05) is 0 Å². The minimum Gasteiger partial charge on any atom is -1.00 e. The molecule has 4 nitrogen and oxygen atoms in total. The van der Waals surface area contributed by atoms with Crippen molar-refractivity contribution in [1.29, 1.82) is 0 Å². The van der Waals surface area contributed by atoms with Crippen LogP contribution >= 0.6 is 0 Å². The summed E-state index contributed by atoms with van der Waals surface area (Å²) in [5, 5.41) is 0. The maximum absolute atomic E-state index is 10.3. The maximum atomic E-state index is 10.3. The molecule has 0 radical (unpaired) electrons. The Kier molecular flexibility index (Phi) is 16.0. The van der Waals surface area contributed by atoms with Crippen LogP contribution in [0.15, 0.2) is 0 Å². The summed E-state index contributed by atoms with van der Waals surface area (Å²) in [7, 11) is -3.98. The van der Waals surface area contributed by atoms with Crippen molar-refractivity contribution in [2.75, 3.05) is 6.54 Å². The van der Waals surface area contributed by atoms with E-state index in [4.69, 9.17) is 4.55 Å². The van der Waals surface area contributed by atoms with Gasteiger partial charge < -0.3 is 1.43 Å². The largest absolute Gasteiger partial charge is 1.00 e. The van der Waals surface area contributed by atoms with E-state index in [1.54, 1.807) is 0 Å². The second kappa shape index (κ2) is 13.9. The average molecular weight is 273 g/mol. The van der Waals surface area contributed by atoms with Gasteiger partial charge in [-0.2, -0.15) is 13.1 Å². The molecule has 2 N–H and O–H groups in total. The van der Waals surface area contributed by atoms with Gasteiger partial charge in [0, 0.05) is 6.54 Å². The van der Waals surface area contributed by atoms with Crippen LogP contribution in [0.5, 0.6) is 0 Å². The van der Waals surface area contributed by atoms with Crippen molar-refractivity contribution in [3.63, 3.8) is 0 Å². The molecule has 0 heterocycles. The van der Waals surface area contributed by atoms with Crippen molar-refractivity contribution in [3.05, 3.63) is 0 Å².